The van der Waals surface area contributed by atoms with Gasteiger partial charge in [-0.1, -0.05) is 11.6 Å². The predicted octanol–water partition coefficient (Wildman–Crippen LogP) is 3.23. The molecule has 2 N–H and O–H groups in total. The van der Waals surface area contributed by atoms with Crippen LogP contribution < -0.4 is 10.1 Å². The topological polar surface area (TPSA) is 58.6 Å². The van der Waals surface area contributed by atoms with E-state index in [0.29, 0.717) is 23.7 Å². The monoisotopic (exact) mass is 321 g/mol. The highest BCUT2D eigenvalue weighted by molar-refractivity contribution is 9.10. The molecule has 0 radical (unpaired) electrons. The summed E-state index contributed by atoms with van der Waals surface area (Å²) in [4.78, 5) is 10.4. The highest BCUT2D eigenvalue weighted by atomic mass is 79.9. The van der Waals surface area contributed by atoms with Crippen molar-refractivity contribution in [3.63, 3.8) is 0 Å². The fraction of sp³-hybridized carbons (Fsp3) is 0.364. The molecule has 4 nitrogen and oxygen atoms in total. The molecule has 0 unspecified atom stereocenters. The van der Waals surface area contributed by atoms with Crippen LogP contribution in [-0.2, 0) is 6.42 Å². The Labute approximate surface area is 113 Å². The number of hydrogen-bond acceptors (Lipinski definition) is 2. The lowest BCUT2D eigenvalue weighted by molar-refractivity contribution is 0.194. The summed E-state index contributed by atoms with van der Waals surface area (Å²) in [5.74, 6) is 0.694. The van der Waals surface area contributed by atoms with E-state index < -0.39 is 6.09 Å². The Hall–Kier alpha value is -0.940. The van der Waals surface area contributed by atoms with E-state index in [2.05, 4.69) is 21.2 Å². The molecule has 0 aliphatic rings. The number of ether oxygens (including phenoxy) is 1. The average molecular weight is 323 g/mol. The Morgan fingerprint density at radius 1 is 1.65 bits per heavy atom. The first kappa shape index (κ1) is 14.1. The Morgan fingerprint density at radius 3 is 2.82 bits per heavy atom. The van der Waals surface area contributed by atoms with Crippen molar-refractivity contribution in [3.8, 4) is 5.75 Å². The van der Waals surface area contributed by atoms with Gasteiger partial charge < -0.3 is 15.2 Å². The van der Waals surface area contributed by atoms with Crippen LogP contribution in [0.15, 0.2) is 10.5 Å². The van der Waals surface area contributed by atoms with Gasteiger partial charge in [-0.25, -0.2) is 4.79 Å². The molecule has 94 valence electrons. The van der Waals surface area contributed by atoms with E-state index in [-0.39, 0.29) is 0 Å². The zero-order valence-corrected chi connectivity index (χ0v) is 11.9. The normalized spacial score (nSPS) is 10.1. The molecule has 0 fully saturated rings. The van der Waals surface area contributed by atoms with E-state index in [0.717, 1.165) is 15.6 Å². The van der Waals surface area contributed by atoms with Gasteiger partial charge in [0.1, 0.15) is 5.75 Å². The minimum atomic E-state index is -1.04. The third kappa shape index (κ3) is 3.51. The summed E-state index contributed by atoms with van der Waals surface area (Å²) in [7, 11) is 1.57. The van der Waals surface area contributed by atoms with Crippen molar-refractivity contribution < 1.29 is 14.6 Å². The molecule has 1 aromatic carbocycles. The predicted molar refractivity (Wildman–Crippen MR) is 70.2 cm³/mol. The van der Waals surface area contributed by atoms with E-state index in [9.17, 15) is 4.79 Å². The second-order valence-corrected chi connectivity index (χ2v) is 4.67. The maximum absolute atomic E-state index is 10.4. The van der Waals surface area contributed by atoms with Crippen LogP contribution in [0.5, 0.6) is 5.75 Å². The zero-order chi connectivity index (χ0) is 13.0. The Kier molecular flexibility index (Phi) is 5.08. The quantitative estimate of drug-likeness (QED) is 0.895. The molecule has 17 heavy (non-hydrogen) atoms. The number of carbonyl (C=O) groups is 1. The van der Waals surface area contributed by atoms with Crippen molar-refractivity contribution in [2.45, 2.75) is 13.3 Å². The van der Waals surface area contributed by atoms with Gasteiger partial charge in [-0.05, 0) is 46.5 Å². The number of methoxy groups -OCH3 is 1. The number of rotatable bonds is 4. The number of carboxylic acid groups (broad SMARTS) is 1. The summed E-state index contributed by atoms with van der Waals surface area (Å²) in [6.45, 7) is 2.20. The summed E-state index contributed by atoms with van der Waals surface area (Å²) in [6, 6.07) is 1.80. The summed E-state index contributed by atoms with van der Waals surface area (Å²) >= 11 is 9.48. The van der Waals surface area contributed by atoms with Gasteiger partial charge in [-0.15, -0.1) is 0 Å². The van der Waals surface area contributed by atoms with Gasteiger partial charge in [0.15, 0.2) is 0 Å². The molecule has 0 atom stereocenters. The average Bonchev–Trinajstić information content (AvgIpc) is 2.26. The van der Waals surface area contributed by atoms with Crippen LogP contribution in [0.25, 0.3) is 0 Å². The summed E-state index contributed by atoms with van der Waals surface area (Å²) in [6.07, 6.45) is -0.519. The van der Waals surface area contributed by atoms with Crippen molar-refractivity contribution in [2.75, 3.05) is 13.7 Å². The number of halogens is 2. The maximum atomic E-state index is 10.4. The van der Waals surface area contributed by atoms with Crippen LogP contribution in [0, 0.1) is 6.92 Å². The summed E-state index contributed by atoms with van der Waals surface area (Å²) < 4.78 is 6.09. The highest BCUT2D eigenvalue weighted by Crippen LogP contribution is 2.36. The molecule has 0 heterocycles. The fourth-order valence-corrected chi connectivity index (χ4v) is 2.42. The van der Waals surface area contributed by atoms with Crippen LogP contribution >= 0.6 is 27.5 Å². The number of hydrogen-bond donors (Lipinski definition) is 2. The Morgan fingerprint density at radius 2 is 2.29 bits per heavy atom. The van der Waals surface area contributed by atoms with Gasteiger partial charge in [-0.3, -0.25) is 0 Å². The lowest BCUT2D eigenvalue weighted by atomic mass is 10.1. The van der Waals surface area contributed by atoms with Crippen LogP contribution in [-0.4, -0.2) is 24.9 Å². The van der Waals surface area contributed by atoms with Crippen LogP contribution in [0.2, 0.25) is 5.02 Å². The number of amides is 1. The van der Waals surface area contributed by atoms with Crippen molar-refractivity contribution in [3.05, 3.63) is 26.7 Å². The maximum Gasteiger partial charge on any atom is 0.404 e. The van der Waals surface area contributed by atoms with E-state index in [4.69, 9.17) is 21.4 Å². The van der Waals surface area contributed by atoms with Gasteiger partial charge >= 0.3 is 6.09 Å². The second-order valence-electron chi connectivity index (χ2n) is 3.47. The molecule has 0 aliphatic heterocycles. The molecule has 0 aromatic heterocycles. The first-order chi connectivity index (χ1) is 7.97. The van der Waals surface area contributed by atoms with Gasteiger partial charge in [0, 0.05) is 11.6 Å². The van der Waals surface area contributed by atoms with Crippen molar-refractivity contribution in [2.24, 2.45) is 0 Å². The van der Waals surface area contributed by atoms with Crippen LogP contribution in [0.3, 0.4) is 0 Å². The molecular formula is C11H13BrClNO3. The van der Waals surface area contributed by atoms with Crippen molar-refractivity contribution in [1.29, 1.82) is 0 Å². The first-order valence-corrected chi connectivity index (χ1v) is 6.12. The fourth-order valence-electron chi connectivity index (χ4n) is 1.45. The molecule has 1 rings (SSSR count). The van der Waals surface area contributed by atoms with Crippen LogP contribution in [0.1, 0.15) is 11.1 Å². The van der Waals surface area contributed by atoms with Gasteiger partial charge in [0.05, 0.1) is 11.6 Å². The van der Waals surface area contributed by atoms with E-state index in [1.165, 1.54) is 0 Å². The summed E-state index contributed by atoms with van der Waals surface area (Å²) in [5.41, 5.74) is 1.77. The van der Waals surface area contributed by atoms with E-state index >= 15 is 0 Å². The lowest BCUT2D eigenvalue weighted by Gasteiger charge is -2.13. The number of nitrogens with one attached hydrogen (secondary N) is 1. The van der Waals surface area contributed by atoms with Crippen molar-refractivity contribution in [1.82, 2.24) is 5.32 Å². The minimum Gasteiger partial charge on any atom is -0.495 e. The van der Waals surface area contributed by atoms with E-state index in [1.807, 2.05) is 6.92 Å². The highest BCUT2D eigenvalue weighted by Gasteiger charge is 2.13. The number of benzene rings is 1. The van der Waals surface area contributed by atoms with E-state index in [1.54, 1.807) is 13.2 Å². The summed E-state index contributed by atoms with van der Waals surface area (Å²) in [5, 5.41) is 11.4. The molecule has 6 heteroatoms. The third-order valence-corrected chi connectivity index (χ3v) is 3.70. The van der Waals surface area contributed by atoms with Crippen LogP contribution in [0.4, 0.5) is 4.79 Å². The zero-order valence-electron chi connectivity index (χ0n) is 9.51. The molecule has 1 aromatic rings. The molecular weight excluding hydrogens is 309 g/mol. The van der Waals surface area contributed by atoms with Gasteiger partial charge in [-0.2, -0.15) is 0 Å². The second kappa shape index (κ2) is 6.12. The standard InChI is InChI=1S/C11H13BrClNO3/c1-6-8(13)5-7(3-4-14-11(15)16)10(17-2)9(6)12/h5,14H,3-4H2,1-2H3,(H,15,16). The first-order valence-electron chi connectivity index (χ1n) is 4.95. The largest absolute Gasteiger partial charge is 0.495 e. The Balaban J connectivity index is 2.94. The molecule has 0 spiro atoms. The molecule has 0 aliphatic carbocycles. The lowest BCUT2D eigenvalue weighted by Crippen LogP contribution is -2.23. The molecule has 0 saturated heterocycles. The van der Waals surface area contributed by atoms with Crippen molar-refractivity contribution >= 4 is 33.6 Å². The Bertz CT molecular complexity index is 437. The molecule has 0 bridgehead atoms. The van der Waals surface area contributed by atoms with Gasteiger partial charge in [0.2, 0.25) is 0 Å². The van der Waals surface area contributed by atoms with Gasteiger partial charge in [0.25, 0.3) is 0 Å². The smallest absolute Gasteiger partial charge is 0.404 e. The minimum absolute atomic E-state index is 0.317. The SMILES string of the molecule is COc1c(CCNC(=O)O)cc(Cl)c(C)c1Br. The molecule has 1 amide bonds. The third-order valence-electron chi connectivity index (χ3n) is 2.35. The molecule has 0 saturated carbocycles.